The van der Waals surface area contributed by atoms with E-state index in [9.17, 15) is 4.79 Å². The van der Waals surface area contributed by atoms with E-state index < -0.39 is 5.97 Å². The fraction of sp³-hybridized carbons (Fsp3) is 0.208. The zero-order chi connectivity index (χ0) is 20.1. The Bertz CT molecular complexity index is 947. The van der Waals surface area contributed by atoms with Gasteiger partial charge in [-0.05, 0) is 63.8 Å². The van der Waals surface area contributed by atoms with Crippen LogP contribution in [0.3, 0.4) is 0 Å². The van der Waals surface area contributed by atoms with Gasteiger partial charge in [0.25, 0.3) is 0 Å². The topological polar surface area (TPSA) is 35.5 Å². The second kappa shape index (κ2) is 8.61. The second-order valence-electron chi connectivity index (χ2n) is 7.21. The van der Waals surface area contributed by atoms with E-state index in [-0.39, 0.29) is 12.0 Å². The highest BCUT2D eigenvalue weighted by Crippen LogP contribution is 2.32. The molecule has 0 aliphatic heterocycles. The number of hydrogen-bond donors (Lipinski definition) is 0. The second-order valence-corrected chi connectivity index (χ2v) is 8.07. The summed E-state index contributed by atoms with van der Waals surface area (Å²) in [5.74, 6) is 0.671. The number of hydrogen-bond acceptors (Lipinski definition) is 3. The van der Waals surface area contributed by atoms with E-state index in [1.165, 1.54) is 11.1 Å². The lowest BCUT2D eigenvalue weighted by Gasteiger charge is -2.26. The van der Waals surface area contributed by atoms with Gasteiger partial charge >= 0.3 is 5.97 Å². The van der Waals surface area contributed by atoms with Crippen molar-refractivity contribution in [1.82, 2.24) is 0 Å². The van der Waals surface area contributed by atoms with E-state index in [1.54, 1.807) is 6.07 Å². The minimum absolute atomic E-state index is 0.115. The minimum Gasteiger partial charge on any atom is -0.482 e. The molecule has 3 nitrogen and oxygen atoms in total. The lowest BCUT2D eigenvalue weighted by Crippen LogP contribution is -2.19. The van der Waals surface area contributed by atoms with Crippen molar-refractivity contribution < 1.29 is 14.3 Å². The summed E-state index contributed by atoms with van der Waals surface area (Å²) in [6.45, 7) is 6.20. The van der Waals surface area contributed by atoms with Gasteiger partial charge < -0.3 is 9.47 Å². The monoisotopic (exact) mass is 438 g/mol. The van der Waals surface area contributed by atoms with Gasteiger partial charge in [-0.15, -0.1) is 0 Å². The Balaban J connectivity index is 1.61. The number of halogens is 1. The van der Waals surface area contributed by atoms with Crippen molar-refractivity contribution in [2.75, 3.05) is 6.61 Å². The van der Waals surface area contributed by atoms with Crippen LogP contribution in [0.25, 0.3) is 0 Å². The molecule has 0 saturated carbocycles. The molecule has 0 fully saturated rings. The van der Waals surface area contributed by atoms with Crippen LogP contribution in [0.15, 0.2) is 77.3 Å². The van der Waals surface area contributed by atoms with Crippen molar-refractivity contribution >= 4 is 21.9 Å². The number of rotatable bonds is 6. The predicted molar refractivity (Wildman–Crippen MR) is 115 cm³/mol. The van der Waals surface area contributed by atoms with E-state index in [0.717, 1.165) is 10.0 Å². The molecular formula is C24H23BrO3. The Labute approximate surface area is 174 Å². The number of carbonyl (C=O) groups is 1. The van der Waals surface area contributed by atoms with Crippen LogP contribution in [0.1, 0.15) is 30.5 Å². The average molecular weight is 439 g/mol. The van der Waals surface area contributed by atoms with E-state index in [1.807, 2.05) is 61.5 Å². The van der Waals surface area contributed by atoms with Gasteiger partial charge in [-0.1, -0.05) is 62.4 Å². The highest BCUT2D eigenvalue weighted by molar-refractivity contribution is 9.10. The molecule has 28 heavy (non-hydrogen) atoms. The van der Waals surface area contributed by atoms with Gasteiger partial charge in [-0.3, -0.25) is 0 Å². The van der Waals surface area contributed by atoms with Gasteiger partial charge in [0.05, 0.1) is 4.47 Å². The van der Waals surface area contributed by atoms with Crippen LogP contribution < -0.4 is 9.47 Å². The third-order valence-corrected chi connectivity index (χ3v) is 5.36. The summed E-state index contributed by atoms with van der Waals surface area (Å²) < 4.78 is 11.7. The molecule has 0 amide bonds. The summed E-state index contributed by atoms with van der Waals surface area (Å²) in [6.07, 6.45) is 0. The number of aryl methyl sites for hydroxylation is 1. The molecule has 0 aliphatic carbocycles. The summed E-state index contributed by atoms with van der Waals surface area (Å²) in [7, 11) is 0. The van der Waals surface area contributed by atoms with Gasteiger partial charge in [0.1, 0.15) is 11.5 Å². The maximum Gasteiger partial charge on any atom is 0.349 e. The van der Waals surface area contributed by atoms with Crippen LogP contribution in [-0.2, 0) is 10.2 Å². The summed E-state index contributed by atoms with van der Waals surface area (Å²) in [5, 5.41) is 0. The summed E-state index contributed by atoms with van der Waals surface area (Å²) in [4.78, 5) is 12.1. The Morgan fingerprint density at radius 3 is 2.21 bits per heavy atom. The number of benzene rings is 3. The number of esters is 1. The first kappa shape index (κ1) is 20.2. The van der Waals surface area contributed by atoms with Crippen molar-refractivity contribution in [3.8, 4) is 11.5 Å². The molecule has 4 heteroatoms. The Morgan fingerprint density at radius 1 is 0.929 bits per heavy atom. The van der Waals surface area contributed by atoms with Gasteiger partial charge in [0.2, 0.25) is 0 Å². The van der Waals surface area contributed by atoms with Gasteiger partial charge in [-0.2, -0.15) is 0 Å². The molecule has 0 atom stereocenters. The first-order valence-electron chi connectivity index (χ1n) is 9.12. The molecule has 0 bridgehead atoms. The van der Waals surface area contributed by atoms with Crippen molar-refractivity contribution in [2.45, 2.75) is 26.2 Å². The molecule has 0 spiro atoms. The molecule has 0 radical (unpaired) electrons. The van der Waals surface area contributed by atoms with E-state index in [2.05, 4.69) is 41.9 Å². The highest BCUT2D eigenvalue weighted by atomic mass is 79.9. The molecule has 3 aromatic carbocycles. The standard InChI is InChI=1S/C24H23BrO3/c1-17-9-14-22(21(25)15-17)28-23(26)16-27-20-12-10-19(11-13-20)24(2,3)18-7-5-4-6-8-18/h4-15H,16H2,1-3H3. The van der Waals surface area contributed by atoms with Crippen LogP contribution in [-0.4, -0.2) is 12.6 Å². The van der Waals surface area contributed by atoms with Gasteiger partial charge in [0, 0.05) is 5.41 Å². The average Bonchev–Trinajstić information content (AvgIpc) is 2.69. The summed E-state index contributed by atoms with van der Waals surface area (Å²) in [5.41, 5.74) is 3.39. The lowest BCUT2D eigenvalue weighted by molar-refractivity contribution is -0.136. The van der Waals surface area contributed by atoms with Crippen LogP contribution >= 0.6 is 15.9 Å². The first-order valence-corrected chi connectivity index (χ1v) is 9.91. The number of carbonyl (C=O) groups excluding carboxylic acids is 1. The first-order chi connectivity index (χ1) is 13.4. The molecule has 3 aromatic rings. The van der Waals surface area contributed by atoms with Gasteiger partial charge in [-0.25, -0.2) is 4.79 Å². The molecule has 0 N–H and O–H groups in total. The Hall–Kier alpha value is -2.59. The normalized spacial score (nSPS) is 11.1. The molecule has 0 heterocycles. The molecule has 0 aliphatic rings. The van der Waals surface area contributed by atoms with Crippen molar-refractivity contribution in [1.29, 1.82) is 0 Å². The highest BCUT2D eigenvalue weighted by Gasteiger charge is 2.22. The SMILES string of the molecule is Cc1ccc(OC(=O)COc2ccc(C(C)(C)c3ccccc3)cc2)c(Br)c1. The smallest absolute Gasteiger partial charge is 0.349 e. The molecule has 0 saturated heterocycles. The summed E-state index contributed by atoms with van der Waals surface area (Å²) >= 11 is 3.40. The van der Waals surface area contributed by atoms with Crippen molar-refractivity contribution in [2.24, 2.45) is 0 Å². The van der Waals surface area contributed by atoms with Gasteiger partial charge in [0.15, 0.2) is 6.61 Å². The Kier molecular flexibility index (Phi) is 6.20. The zero-order valence-corrected chi connectivity index (χ0v) is 17.8. The molecule has 0 aromatic heterocycles. The lowest BCUT2D eigenvalue weighted by atomic mass is 9.78. The maximum atomic E-state index is 12.1. The van der Waals surface area contributed by atoms with E-state index in [4.69, 9.17) is 9.47 Å². The number of ether oxygens (including phenoxy) is 2. The van der Waals surface area contributed by atoms with Crippen molar-refractivity contribution in [3.63, 3.8) is 0 Å². The third-order valence-electron chi connectivity index (χ3n) is 4.74. The Morgan fingerprint density at radius 2 is 1.57 bits per heavy atom. The van der Waals surface area contributed by atoms with Crippen LogP contribution in [0.5, 0.6) is 11.5 Å². The zero-order valence-electron chi connectivity index (χ0n) is 16.2. The van der Waals surface area contributed by atoms with Crippen LogP contribution in [0.4, 0.5) is 0 Å². The molecule has 0 unspecified atom stereocenters. The summed E-state index contributed by atoms with van der Waals surface area (Å²) in [6, 6.07) is 23.8. The fourth-order valence-electron chi connectivity index (χ4n) is 2.97. The predicted octanol–water partition coefficient (Wildman–Crippen LogP) is 6.07. The molecule has 144 valence electrons. The molecular weight excluding hydrogens is 416 g/mol. The maximum absolute atomic E-state index is 12.1. The quantitative estimate of drug-likeness (QED) is 0.346. The largest absolute Gasteiger partial charge is 0.482 e. The van der Waals surface area contributed by atoms with E-state index >= 15 is 0 Å². The van der Waals surface area contributed by atoms with E-state index in [0.29, 0.717) is 11.5 Å². The minimum atomic E-state index is -0.446. The third kappa shape index (κ3) is 4.82. The van der Waals surface area contributed by atoms with Crippen molar-refractivity contribution in [3.05, 3.63) is 94.0 Å². The fourth-order valence-corrected chi connectivity index (χ4v) is 3.55. The van der Waals surface area contributed by atoms with Crippen LogP contribution in [0.2, 0.25) is 0 Å². The van der Waals surface area contributed by atoms with Crippen LogP contribution in [0, 0.1) is 6.92 Å². The molecule has 3 rings (SSSR count).